The number of rotatable bonds is 6. The van der Waals surface area contributed by atoms with Crippen molar-refractivity contribution in [3.05, 3.63) is 54.1 Å². The van der Waals surface area contributed by atoms with Crippen molar-refractivity contribution in [2.45, 2.75) is 0 Å². The fourth-order valence-electron chi connectivity index (χ4n) is 1.38. The van der Waals surface area contributed by atoms with E-state index in [4.69, 9.17) is 9.84 Å². The molecule has 0 saturated carbocycles. The quantitative estimate of drug-likeness (QED) is 0.556. The van der Waals surface area contributed by atoms with Crippen molar-refractivity contribution >= 4 is 47.6 Å². The van der Waals surface area contributed by atoms with Gasteiger partial charge in [0.25, 0.3) is 0 Å². The zero-order chi connectivity index (χ0) is 14.4. The van der Waals surface area contributed by atoms with Gasteiger partial charge in [-0.1, -0.05) is 0 Å². The summed E-state index contributed by atoms with van der Waals surface area (Å²) in [6.45, 7) is 0.411. The Bertz CT molecular complexity index is 594. The van der Waals surface area contributed by atoms with Crippen LogP contribution in [0.3, 0.4) is 0 Å². The minimum absolute atomic E-state index is 0.303. The van der Waals surface area contributed by atoms with Crippen LogP contribution in [-0.4, -0.2) is 43.8 Å². The van der Waals surface area contributed by atoms with Gasteiger partial charge in [0.15, 0.2) is 0 Å². The first-order valence-electron chi connectivity index (χ1n) is 5.57. The van der Waals surface area contributed by atoms with Gasteiger partial charge in [0.1, 0.15) is 0 Å². The molecule has 0 saturated heterocycles. The molecule has 102 valence electrons. The number of ether oxygens (including phenoxy) is 1. The third-order valence-corrected chi connectivity index (χ3v) is 9.57. The minimum atomic E-state index is -0.902. The summed E-state index contributed by atoms with van der Waals surface area (Å²) in [5, 5.41) is 8.83. The molecule has 2 rings (SSSR count). The van der Waals surface area contributed by atoms with E-state index in [2.05, 4.69) is 0 Å². The maximum absolute atomic E-state index is 10.7. The Balaban J connectivity index is 1.94. The molecule has 6 heteroatoms. The SMILES string of the molecule is O=COc1ccc([Se][Se]c2ccc(C(=O)O)cc2)cc1. The number of hydrogen-bond acceptors (Lipinski definition) is 3. The van der Waals surface area contributed by atoms with Gasteiger partial charge < -0.3 is 0 Å². The van der Waals surface area contributed by atoms with Crippen molar-refractivity contribution in [1.82, 2.24) is 0 Å². The van der Waals surface area contributed by atoms with Crippen LogP contribution >= 0.6 is 0 Å². The molecule has 0 aliphatic rings. The zero-order valence-electron chi connectivity index (χ0n) is 10.2. The number of hydrogen-bond donors (Lipinski definition) is 1. The monoisotopic (exact) mass is 402 g/mol. The normalized spacial score (nSPS) is 10.0. The fourth-order valence-corrected chi connectivity index (χ4v) is 7.34. The Morgan fingerprint density at radius 1 is 0.950 bits per heavy atom. The summed E-state index contributed by atoms with van der Waals surface area (Å²) >= 11 is 0.620. The Labute approximate surface area is 127 Å². The van der Waals surface area contributed by atoms with Gasteiger partial charge in [0, 0.05) is 0 Å². The third-order valence-electron chi connectivity index (χ3n) is 2.34. The molecule has 1 N–H and O–H groups in total. The van der Waals surface area contributed by atoms with Crippen molar-refractivity contribution in [1.29, 1.82) is 0 Å². The third kappa shape index (κ3) is 4.22. The first kappa shape index (κ1) is 14.8. The first-order chi connectivity index (χ1) is 9.69. The summed E-state index contributed by atoms with van der Waals surface area (Å²) in [4.78, 5) is 20.9. The summed E-state index contributed by atoms with van der Waals surface area (Å²) in [5.74, 6) is -0.363. The van der Waals surface area contributed by atoms with E-state index >= 15 is 0 Å². The number of carbonyl (C=O) groups excluding carboxylic acids is 1. The van der Waals surface area contributed by atoms with E-state index in [0.717, 1.165) is 0 Å². The Morgan fingerprint density at radius 2 is 1.45 bits per heavy atom. The number of benzene rings is 2. The van der Waals surface area contributed by atoms with Gasteiger partial charge in [-0.3, -0.25) is 0 Å². The van der Waals surface area contributed by atoms with Crippen LogP contribution in [0.2, 0.25) is 0 Å². The second-order valence-electron chi connectivity index (χ2n) is 3.68. The Kier molecular flexibility index (Phi) is 5.39. The number of aromatic carboxylic acids is 1. The molecular formula is C14H10O4Se2. The van der Waals surface area contributed by atoms with Crippen LogP contribution < -0.4 is 13.7 Å². The molecule has 0 fully saturated rings. The molecule has 0 spiro atoms. The van der Waals surface area contributed by atoms with Gasteiger partial charge in [-0.2, -0.15) is 0 Å². The molecule has 0 radical (unpaired) electrons. The molecule has 0 aromatic heterocycles. The topological polar surface area (TPSA) is 63.6 Å². The van der Waals surface area contributed by atoms with Gasteiger partial charge in [-0.05, 0) is 0 Å². The van der Waals surface area contributed by atoms with Crippen molar-refractivity contribution < 1.29 is 19.4 Å². The Morgan fingerprint density at radius 3 is 1.90 bits per heavy atom. The summed E-state index contributed by atoms with van der Waals surface area (Å²) in [6.07, 6.45) is 0. The standard InChI is InChI=1S/C14H10O4Se2/c15-9-18-11-3-7-13(8-4-11)20-19-12-5-1-10(2-6-12)14(16)17/h1-9H,(H,16,17). The molecule has 0 aliphatic carbocycles. The molecule has 2 aromatic rings. The predicted molar refractivity (Wildman–Crippen MR) is 77.3 cm³/mol. The number of carboxylic acid groups (broad SMARTS) is 1. The fraction of sp³-hybridized carbons (Fsp3) is 0. The van der Waals surface area contributed by atoms with Gasteiger partial charge in [0.2, 0.25) is 0 Å². The van der Waals surface area contributed by atoms with Crippen molar-refractivity contribution in [2.24, 2.45) is 0 Å². The predicted octanol–water partition coefficient (Wildman–Crippen LogP) is 0.194. The molecule has 0 heterocycles. The molecule has 0 aliphatic heterocycles. The van der Waals surface area contributed by atoms with E-state index in [1.807, 2.05) is 24.3 Å². The summed E-state index contributed by atoms with van der Waals surface area (Å²) in [6, 6.07) is 14.5. The van der Waals surface area contributed by atoms with Crippen LogP contribution in [0.1, 0.15) is 10.4 Å². The van der Waals surface area contributed by atoms with Crippen molar-refractivity contribution in [2.75, 3.05) is 0 Å². The van der Waals surface area contributed by atoms with Crippen LogP contribution in [-0.2, 0) is 4.79 Å². The van der Waals surface area contributed by atoms with E-state index in [0.29, 0.717) is 44.0 Å². The maximum atomic E-state index is 10.7. The molecule has 0 unspecified atom stereocenters. The number of carbonyl (C=O) groups is 2. The van der Waals surface area contributed by atoms with E-state index in [-0.39, 0.29) is 0 Å². The van der Waals surface area contributed by atoms with Crippen LogP contribution in [0, 0.1) is 0 Å². The summed E-state index contributed by atoms with van der Waals surface area (Å²) in [7, 11) is 0. The van der Waals surface area contributed by atoms with Gasteiger partial charge >= 0.3 is 127 Å². The molecule has 2 aromatic carbocycles. The average molecular weight is 400 g/mol. The van der Waals surface area contributed by atoms with Crippen molar-refractivity contribution in [3.8, 4) is 5.75 Å². The first-order valence-corrected chi connectivity index (χ1v) is 11.6. The average Bonchev–Trinajstić information content (AvgIpc) is 2.47. The van der Waals surface area contributed by atoms with E-state index in [9.17, 15) is 9.59 Å². The van der Waals surface area contributed by atoms with Crippen LogP contribution in [0.4, 0.5) is 0 Å². The molecule has 4 nitrogen and oxygen atoms in total. The van der Waals surface area contributed by atoms with Gasteiger partial charge in [-0.25, -0.2) is 0 Å². The second-order valence-corrected chi connectivity index (χ2v) is 9.99. The summed E-state index contributed by atoms with van der Waals surface area (Å²) in [5.41, 5.74) is 0.312. The van der Waals surface area contributed by atoms with Crippen molar-refractivity contribution in [3.63, 3.8) is 0 Å². The van der Waals surface area contributed by atoms with Gasteiger partial charge in [0.05, 0.1) is 0 Å². The second kappa shape index (κ2) is 7.27. The summed E-state index contributed by atoms with van der Waals surface area (Å²) < 4.78 is 7.13. The van der Waals surface area contributed by atoms with E-state index in [1.165, 1.54) is 8.92 Å². The molecule has 0 bridgehead atoms. The zero-order valence-corrected chi connectivity index (χ0v) is 13.6. The molecule has 0 amide bonds. The van der Waals surface area contributed by atoms with Crippen LogP contribution in [0.25, 0.3) is 0 Å². The van der Waals surface area contributed by atoms with Crippen LogP contribution in [0.5, 0.6) is 5.75 Å². The molecule has 20 heavy (non-hydrogen) atoms. The van der Waals surface area contributed by atoms with Gasteiger partial charge in [-0.15, -0.1) is 0 Å². The van der Waals surface area contributed by atoms with E-state index < -0.39 is 5.97 Å². The Hall–Kier alpha value is -1.58. The molecular weight excluding hydrogens is 390 g/mol. The van der Waals surface area contributed by atoms with E-state index in [1.54, 1.807) is 24.3 Å². The number of carboxylic acids is 1. The molecule has 0 atom stereocenters. The van der Waals surface area contributed by atoms with Crippen LogP contribution in [0.15, 0.2) is 48.5 Å².